The van der Waals surface area contributed by atoms with Crippen LogP contribution in [0.3, 0.4) is 0 Å². The van der Waals surface area contributed by atoms with Crippen LogP contribution in [0.25, 0.3) is 6.08 Å². The molecule has 0 aromatic heterocycles. The molecule has 4 N–H and O–H groups in total. The zero-order valence-corrected chi connectivity index (χ0v) is 20.3. The minimum Gasteiger partial charge on any atom is -0.478 e. The van der Waals surface area contributed by atoms with Crippen LogP contribution < -0.4 is 11.1 Å². The van der Waals surface area contributed by atoms with Gasteiger partial charge in [-0.3, -0.25) is 9.59 Å². The zero-order chi connectivity index (χ0) is 25.7. The number of carboxylic acid groups (broad SMARTS) is 1. The molecule has 0 spiro atoms. The molecule has 0 bridgehead atoms. The molecule has 34 heavy (non-hydrogen) atoms. The highest BCUT2D eigenvalue weighted by Crippen LogP contribution is 2.23. The third kappa shape index (κ3) is 10.4. The molecule has 0 saturated carbocycles. The van der Waals surface area contributed by atoms with Crippen LogP contribution in [0.5, 0.6) is 0 Å². The third-order valence-electron chi connectivity index (χ3n) is 4.69. The number of hydrogen-bond acceptors (Lipinski definition) is 8. The summed E-state index contributed by atoms with van der Waals surface area (Å²) in [6.07, 6.45) is 1.67. The normalized spacial score (nSPS) is 12.2. The Morgan fingerprint density at radius 3 is 2.44 bits per heavy atom. The van der Waals surface area contributed by atoms with Crippen LogP contribution in [0.15, 0.2) is 18.7 Å². The van der Waals surface area contributed by atoms with Crippen LogP contribution in [0, 0.1) is 0 Å². The molecule has 0 aliphatic carbocycles. The van der Waals surface area contributed by atoms with Gasteiger partial charge in [-0.25, -0.2) is 4.79 Å². The lowest BCUT2D eigenvalue weighted by Crippen LogP contribution is -2.42. The van der Waals surface area contributed by atoms with Gasteiger partial charge < -0.3 is 35.1 Å². The van der Waals surface area contributed by atoms with Crippen LogP contribution in [-0.4, -0.2) is 61.7 Å². The van der Waals surface area contributed by atoms with E-state index in [0.717, 1.165) is 0 Å². The number of ether oxygens (including phenoxy) is 4. The number of primary amides is 1. The molecule has 1 aromatic rings. The molecule has 0 saturated heterocycles. The molecule has 1 rings (SSSR count). The van der Waals surface area contributed by atoms with E-state index in [1.165, 1.54) is 6.07 Å². The molecule has 1 atom stereocenters. The van der Waals surface area contributed by atoms with Crippen molar-refractivity contribution in [2.24, 2.45) is 5.73 Å². The van der Waals surface area contributed by atoms with Crippen LogP contribution >= 0.6 is 0 Å². The molecule has 0 unspecified atom stereocenters. The van der Waals surface area contributed by atoms with Crippen molar-refractivity contribution in [1.29, 1.82) is 0 Å². The Morgan fingerprint density at radius 2 is 1.88 bits per heavy atom. The van der Waals surface area contributed by atoms with Crippen LogP contribution in [0.2, 0.25) is 0 Å². The Bertz CT molecular complexity index is 848. The highest BCUT2D eigenvalue weighted by Gasteiger charge is 2.23. The number of benzene rings is 1. The first kappa shape index (κ1) is 29.2. The van der Waals surface area contributed by atoms with Crippen LogP contribution in [-0.2, 0) is 41.7 Å². The van der Waals surface area contributed by atoms with Crippen molar-refractivity contribution in [2.45, 2.75) is 58.4 Å². The highest BCUT2D eigenvalue weighted by molar-refractivity contribution is 5.90. The first-order valence-corrected chi connectivity index (χ1v) is 10.9. The molecule has 0 aliphatic heterocycles. The van der Waals surface area contributed by atoms with E-state index in [1.807, 2.05) is 0 Å². The molecular weight excluding hydrogens is 444 g/mol. The van der Waals surface area contributed by atoms with Crippen LogP contribution in [0.1, 0.15) is 60.7 Å². The maximum atomic E-state index is 12.0. The van der Waals surface area contributed by atoms with Gasteiger partial charge in [0.1, 0.15) is 12.4 Å². The molecule has 0 radical (unpaired) electrons. The Balaban J connectivity index is 2.99. The van der Waals surface area contributed by atoms with Gasteiger partial charge in [-0.05, 0) is 49.9 Å². The Morgan fingerprint density at radius 1 is 1.18 bits per heavy atom. The fraction of sp³-hybridized carbons (Fsp3) is 0.542. The molecule has 1 aromatic carbocycles. The smallest absolute Gasteiger partial charge is 0.336 e. The monoisotopic (exact) mass is 480 g/mol. The second kappa shape index (κ2) is 14.5. The molecular formula is C24H36N2O8. The topological polar surface area (TPSA) is 146 Å². The lowest BCUT2D eigenvalue weighted by atomic mass is 9.95. The summed E-state index contributed by atoms with van der Waals surface area (Å²) in [6.45, 7) is 9.87. The van der Waals surface area contributed by atoms with Gasteiger partial charge in [0.15, 0.2) is 0 Å². The van der Waals surface area contributed by atoms with Crippen molar-refractivity contribution in [3.05, 3.63) is 41.0 Å². The molecule has 0 heterocycles. The summed E-state index contributed by atoms with van der Waals surface area (Å²) >= 11 is 0. The van der Waals surface area contributed by atoms with Crippen molar-refractivity contribution in [3.8, 4) is 0 Å². The van der Waals surface area contributed by atoms with Gasteiger partial charge in [0.05, 0.1) is 31.4 Å². The van der Waals surface area contributed by atoms with E-state index < -0.39 is 29.5 Å². The molecule has 190 valence electrons. The largest absolute Gasteiger partial charge is 0.478 e. The number of carbonyl (C=O) groups excluding carboxylic acids is 2. The number of nitrogens with one attached hydrogen (secondary N) is 1. The molecule has 10 heteroatoms. The molecule has 1 amide bonds. The summed E-state index contributed by atoms with van der Waals surface area (Å²) in [4.78, 5) is 35.9. The summed E-state index contributed by atoms with van der Waals surface area (Å²) in [5.74, 6) is -2.25. The fourth-order valence-corrected chi connectivity index (χ4v) is 3.10. The van der Waals surface area contributed by atoms with Crippen molar-refractivity contribution in [1.82, 2.24) is 5.32 Å². The summed E-state index contributed by atoms with van der Waals surface area (Å²) < 4.78 is 21.0. The highest BCUT2D eigenvalue weighted by atomic mass is 16.7. The second-order valence-electron chi connectivity index (χ2n) is 8.50. The second-order valence-corrected chi connectivity index (χ2v) is 8.50. The first-order chi connectivity index (χ1) is 16.0. The predicted octanol–water partition coefficient (Wildman–Crippen LogP) is 2.23. The number of amides is 1. The number of hydrogen-bond donors (Lipinski definition) is 3. The maximum absolute atomic E-state index is 12.0. The van der Waals surface area contributed by atoms with E-state index in [9.17, 15) is 19.5 Å². The molecule has 0 fully saturated rings. The Kier molecular flexibility index (Phi) is 12.4. The lowest BCUT2D eigenvalue weighted by molar-refractivity contribution is -0.155. The number of aromatic carboxylic acids is 1. The molecule has 0 aliphatic rings. The number of carbonyl (C=O) groups is 3. The van der Waals surface area contributed by atoms with Gasteiger partial charge in [-0.1, -0.05) is 18.7 Å². The van der Waals surface area contributed by atoms with Crippen molar-refractivity contribution in [2.75, 3.05) is 27.1 Å². The summed E-state index contributed by atoms with van der Waals surface area (Å²) in [5, 5.41) is 12.7. The van der Waals surface area contributed by atoms with Gasteiger partial charge in [-0.15, -0.1) is 0 Å². The van der Waals surface area contributed by atoms with E-state index >= 15 is 0 Å². The van der Waals surface area contributed by atoms with Crippen molar-refractivity contribution in [3.63, 3.8) is 0 Å². The summed E-state index contributed by atoms with van der Waals surface area (Å²) in [5.41, 5.74) is 6.61. The van der Waals surface area contributed by atoms with Crippen molar-refractivity contribution >= 4 is 23.9 Å². The van der Waals surface area contributed by atoms with E-state index in [0.29, 0.717) is 29.9 Å². The average Bonchev–Trinajstić information content (AvgIpc) is 2.74. The van der Waals surface area contributed by atoms with Gasteiger partial charge in [0, 0.05) is 20.1 Å². The SMILES string of the molecule is C=Cc1ccc(C(=O)O)c(CN[C@@H](CCC(=O)OC(C)(C)C)C(N)=O)c1COCOCCOC. The predicted molar refractivity (Wildman–Crippen MR) is 126 cm³/mol. The van der Waals surface area contributed by atoms with E-state index in [-0.39, 0.29) is 38.3 Å². The van der Waals surface area contributed by atoms with E-state index in [4.69, 9.17) is 24.7 Å². The number of rotatable bonds is 16. The number of methoxy groups -OCH3 is 1. The first-order valence-electron chi connectivity index (χ1n) is 10.9. The van der Waals surface area contributed by atoms with E-state index in [1.54, 1.807) is 40.0 Å². The van der Waals surface area contributed by atoms with Gasteiger partial charge >= 0.3 is 11.9 Å². The summed E-state index contributed by atoms with van der Waals surface area (Å²) in [6, 6.07) is 2.24. The van der Waals surface area contributed by atoms with Gasteiger partial charge in [0.2, 0.25) is 5.91 Å². The quantitative estimate of drug-likeness (QED) is 0.184. The summed E-state index contributed by atoms with van der Waals surface area (Å²) in [7, 11) is 1.56. The standard InChI is InChI=1S/C24H36N2O8/c1-6-16-7-8-17(23(29)30)18(19(16)14-33-15-32-12-11-31-5)13-26-20(22(25)28)9-10-21(27)34-24(2,3)4/h6-8,20,26H,1,9-15H2,2-5H3,(H2,25,28)(H,29,30)/t20-/m0/s1. The van der Waals surface area contributed by atoms with Crippen LogP contribution in [0.4, 0.5) is 0 Å². The van der Waals surface area contributed by atoms with E-state index in [2.05, 4.69) is 11.9 Å². The maximum Gasteiger partial charge on any atom is 0.336 e. The lowest BCUT2D eigenvalue weighted by Gasteiger charge is -2.22. The average molecular weight is 481 g/mol. The number of carboxylic acids is 1. The fourth-order valence-electron chi connectivity index (χ4n) is 3.10. The van der Waals surface area contributed by atoms with Gasteiger partial charge in [0.25, 0.3) is 0 Å². The minimum absolute atomic E-state index is 0.00840. The Labute approximate surface area is 200 Å². The number of esters is 1. The third-order valence-corrected chi connectivity index (χ3v) is 4.69. The number of nitrogens with two attached hydrogens (primary N) is 1. The Hall–Kier alpha value is -2.79. The van der Waals surface area contributed by atoms with Gasteiger partial charge in [-0.2, -0.15) is 0 Å². The molecule has 10 nitrogen and oxygen atoms in total. The zero-order valence-electron chi connectivity index (χ0n) is 20.3. The van der Waals surface area contributed by atoms with Crippen molar-refractivity contribution < 1.29 is 38.4 Å². The minimum atomic E-state index is -1.13.